The van der Waals surface area contributed by atoms with E-state index in [1.807, 2.05) is 4.90 Å². The van der Waals surface area contributed by atoms with Gasteiger partial charge in [-0.2, -0.15) is 0 Å². The van der Waals surface area contributed by atoms with Crippen LogP contribution in [0.5, 0.6) is 0 Å². The fourth-order valence-electron chi connectivity index (χ4n) is 2.08. The van der Waals surface area contributed by atoms with Crippen LogP contribution in [0.2, 0.25) is 0 Å². The van der Waals surface area contributed by atoms with Crippen molar-refractivity contribution in [1.29, 1.82) is 0 Å². The summed E-state index contributed by atoms with van der Waals surface area (Å²) in [4.78, 5) is 1.94. The Morgan fingerprint density at radius 3 is 2.45 bits per heavy atom. The second-order valence-corrected chi connectivity index (χ2v) is 3.47. The Morgan fingerprint density at radius 1 is 1.09 bits per heavy atom. The quantitative estimate of drug-likeness (QED) is 0.388. The number of fused-ring (bicyclic) bond motifs is 1. The van der Waals surface area contributed by atoms with Gasteiger partial charge in [0.2, 0.25) is 0 Å². The SMILES string of the molecule is O[C@@H]1C[C@@H]2[C@@H](O)[C@H](O)CN2C1. The topological polar surface area (TPSA) is 63.9 Å². The highest BCUT2D eigenvalue weighted by Crippen LogP contribution is 2.28. The van der Waals surface area contributed by atoms with Gasteiger partial charge in [0.05, 0.1) is 18.3 Å². The molecule has 3 N–H and O–H groups in total. The van der Waals surface area contributed by atoms with Crippen LogP contribution in [-0.2, 0) is 0 Å². The molecular formula is C7H13NO3. The fraction of sp³-hybridized carbons (Fsp3) is 1.00. The maximum absolute atomic E-state index is 9.38. The molecule has 2 heterocycles. The molecule has 2 fully saturated rings. The zero-order valence-corrected chi connectivity index (χ0v) is 6.22. The second kappa shape index (κ2) is 2.42. The molecule has 11 heavy (non-hydrogen) atoms. The van der Waals surface area contributed by atoms with Crippen LogP contribution in [0.3, 0.4) is 0 Å². The van der Waals surface area contributed by atoms with E-state index in [0.717, 1.165) is 0 Å². The summed E-state index contributed by atoms with van der Waals surface area (Å²) in [6, 6.07) is -0.0139. The molecule has 64 valence electrons. The molecule has 2 saturated heterocycles. The summed E-state index contributed by atoms with van der Waals surface area (Å²) in [5.41, 5.74) is 0. The molecule has 0 amide bonds. The van der Waals surface area contributed by atoms with Gasteiger partial charge in [-0.15, -0.1) is 0 Å². The summed E-state index contributed by atoms with van der Waals surface area (Å²) < 4.78 is 0. The molecule has 0 aliphatic carbocycles. The van der Waals surface area contributed by atoms with Crippen molar-refractivity contribution in [1.82, 2.24) is 4.90 Å². The van der Waals surface area contributed by atoms with Gasteiger partial charge in [-0.3, -0.25) is 4.90 Å². The summed E-state index contributed by atoms with van der Waals surface area (Å²) in [5.74, 6) is 0. The highest BCUT2D eigenvalue weighted by atomic mass is 16.3. The van der Waals surface area contributed by atoms with Crippen molar-refractivity contribution in [3.8, 4) is 0 Å². The van der Waals surface area contributed by atoms with E-state index >= 15 is 0 Å². The predicted molar refractivity (Wildman–Crippen MR) is 38.0 cm³/mol. The second-order valence-electron chi connectivity index (χ2n) is 3.47. The normalized spacial score (nSPS) is 51.5. The monoisotopic (exact) mass is 159 g/mol. The minimum Gasteiger partial charge on any atom is -0.392 e. The van der Waals surface area contributed by atoms with Gasteiger partial charge >= 0.3 is 0 Å². The van der Waals surface area contributed by atoms with Gasteiger partial charge in [0.25, 0.3) is 0 Å². The average Bonchev–Trinajstić information content (AvgIpc) is 2.37. The predicted octanol–water partition coefficient (Wildman–Crippen LogP) is -1.84. The van der Waals surface area contributed by atoms with E-state index in [0.29, 0.717) is 19.5 Å². The molecule has 0 saturated carbocycles. The molecule has 0 aromatic rings. The summed E-state index contributed by atoms with van der Waals surface area (Å²) in [6.07, 6.45) is -1.00. The van der Waals surface area contributed by atoms with Crippen molar-refractivity contribution in [3.05, 3.63) is 0 Å². The Kier molecular flexibility index (Phi) is 1.64. The Bertz CT molecular complexity index is 164. The van der Waals surface area contributed by atoms with Crippen LogP contribution in [0.15, 0.2) is 0 Å². The van der Waals surface area contributed by atoms with E-state index in [2.05, 4.69) is 0 Å². The van der Waals surface area contributed by atoms with Crippen LogP contribution in [0.4, 0.5) is 0 Å². The van der Waals surface area contributed by atoms with Crippen molar-refractivity contribution in [2.45, 2.75) is 30.8 Å². The maximum atomic E-state index is 9.38. The van der Waals surface area contributed by atoms with Gasteiger partial charge in [0.15, 0.2) is 0 Å². The molecule has 2 aliphatic rings. The van der Waals surface area contributed by atoms with Gasteiger partial charge in [-0.05, 0) is 6.42 Å². The Morgan fingerprint density at radius 2 is 1.82 bits per heavy atom. The summed E-state index contributed by atoms with van der Waals surface area (Å²) in [6.45, 7) is 1.10. The standard InChI is InChI=1S/C7H13NO3/c9-4-1-5-7(11)6(10)3-8(5)2-4/h4-7,9-11H,1-3H2/t4-,5-,6-,7-/m1/s1. The summed E-state index contributed by atoms with van der Waals surface area (Å²) in [7, 11) is 0. The first-order chi connectivity index (χ1) is 5.18. The van der Waals surface area contributed by atoms with Crippen LogP contribution in [-0.4, -0.2) is 57.7 Å². The van der Waals surface area contributed by atoms with E-state index < -0.39 is 12.2 Å². The van der Waals surface area contributed by atoms with Crippen LogP contribution in [0, 0.1) is 0 Å². The lowest BCUT2D eigenvalue weighted by Crippen LogP contribution is -2.31. The van der Waals surface area contributed by atoms with Crippen LogP contribution in [0.1, 0.15) is 6.42 Å². The maximum Gasteiger partial charge on any atom is 0.0967 e. The van der Waals surface area contributed by atoms with Gasteiger partial charge in [0.1, 0.15) is 0 Å². The zero-order chi connectivity index (χ0) is 8.01. The average molecular weight is 159 g/mol. The smallest absolute Gasteiger partial charge is 0.0967 e. The number of rotatable bonds is 0. The number of nitrogens with zero attached hydrogens (tertiary/aromatic N) is 1. The third-order valence-corrected chi connectivity index (χ3v) is 2.64. The van der Waals surface area contributed by atoms with Gasteiger partial charge in [0, 0.05) is 19.1 Å². The molecule has 4 nitrogen and oxygen atoms in total. The number of hydrogen-bond donors (Lipinski definition) is 3. The lowest BCUT2D eigenvalue weighted by Gasteiger charge is -2.14. The van der Waals surface area contributed by atoms with E-state index in [4.69, 9.17) is 0 Å². The van der Waals surface area contributed by atoms with Crippen LogP contribution >= 0.6 is 0 Å². The van der Waals surface area contributed by atoms with Crippen molar-refractivity contribution in [2.75, 3.05) is 13.1 Å². The molecule has 4 heteroatoms. The Labute approximate surface area is 65.1 Å². The fourth-order valence-corrected chi connectivity index (χ4v) is 2.08. The van der Waals surface area contributed by atoms with Crippen LogP contribution < -0.4 is 0 Å². The van der Waals surface area contributed by atoms with Crippen molar-refractivity contribution < 1.29 is 15.3 Å². The lowest BCUT2D eigenvalue weighted by atomic mass is 10.1. The van der Waals surface area contributed by atoms with Crippen molar-refractivity contribution in [2.24, 2.45) is 0 Å². The zero-order valence-electron chi connectivity index (χ0n) is 6.22. The Hall–Kier alpha value is -0.160. The molecule has 2 aliphatic heterocycles. The molecule has 2 rings (SSSR count). The van der Waals surface area contributed by atoms with E-state index in [1.54, 1.807) is 0 Å². The van der Waals surface area contributed by atoms with Crippen molar-refractivity contribution >= 4 is 0 Å². The molecule has 0 aromatic heterocycles. The third-order valence-electron chi connectivity index (χ3n) is 2.64. The van der Waals surface area contributed by atoms with E-state index in [9.17, 15) is 15.3 Å². The molecule has 0 spiro atoms. The Balaban J connectivity index is 2.07. The van der Waals surface area contributed by atoms with E-state index in [-0.39, 0.29) is 12.1 Å². The molecule has 0 aromatic carbocycles. The lowest BCUT2D eigenvalue weighted by molar-refractivity contribution is 0.0343. The number of hydrogen-bond acceptors (Lipinski definition) is 4. The molecule has 0 unspecified atom stereocenters. The van der Waals surface area contributed by atoms with Crippen molar-refractivity contribution in [3.63, 3.8) is 0 Å². The highest BCUT2D eigenvalue weighted by molar-refractivity contribution is 4.99. The first-order valence-electron chi connectivity index (χ1n) is 3.96. The molecule has 4 atom stereocenters. The molecule has 0 bridgehead atoms. The van der Waals surface area contributed by atoms with Gasteiger partial charge in [-0.25, -0.2) is 0 Å². The highest BCUT2D eigenvalue weighted by Gasteiger charge is 2.45. The summed E-state index contributed by atoms with van der Waals surface area (Å²) in [5, 5.41) is 27.8. The molecule has 0 radical (unpaired) electrons. The first kappa shape index (κ1) is 7.49. The molecular weight excluding hydrogens is 146 g/mol. The van der Waals surface area contributed by atoms with Crippen LogP contribution in [0.25, 0.3) is 0 Å². The third kappa shape index (κ3) is 1.06. The number of aliphatic hydroxyl groups excluding tert-OH is 3. The van der Waals surface area contributed by atoms with E-state index in [1.165, 1.54) is 0 Å². The largest absolute Gasteiger partial charge is 0.392 e. The minimum atomic E-state index is -0.660. The minimum absolute atomic E-state index is 0.0139. The summed E-state index contributed by atoms with van der Waals surface area (Å²) >= 11 is 0. The van der Waals surface area contributed by atoms with Gasteiger partial charge < -0.3 is 15.3 Å². The first-order valence-corrected chi connectivity index (χ1v) is 3.96. The van der Waals surface area contributed by atoms with Gasteiger partial charge in [-0.1, -0.05) is 0 Å². The number of aliphatic hydroxyl groups is 3.